The number of hydrogen-bond donors (Lipinski definition) is 1. The summed E-state index contributed by atoms with van der Waals surface area (Å²) < 4.78 is 5.36. The normalized spacial score (nSPS) is 16.8. The Morgan fingerprint density at radius 2 is 2.30 bits per heavy atom. The van der Waals surface area contributed by atoms with Gasteiger partial charge in [-0.25, -0.2) is 4.98 Å². The van der Waals surface area contributed by atoms with Gasteiger partial charge in [0.25, 0.3) is 5.91 Å². The number of amides is 1. The number of halogens is 2. The zero-order chi connectivity index (χ0) is 14.8. The molecule has 1 fully saturated rings. The summed E-state index contributed by atoms with van der Waals surface area (Å²) in [7, 11) is 1.95. The zero-order valence-corrected chi connectivity index (χ0v) is 15.5. The van der Waals surface area contributed by atoms with E-state index >= 15 is 0 Å². The van der Waals surface area contributed by atoms with Gasteiger partial charge in [0, 0.05) is 18.0 Å². The van der Waals surface area contributed by atoms with E-state index in [1.54, 1.807) is 6.26 Å². The summed E-state index contributed by atoms with van der Waals surface area (Å²) >= 11 is 1.51. The first-order valence-electron chi connectivity index (χ1n) is 7.14. The Kier molecular flexibility index (Phi) is 7.54. The predicted octanol–water partition coefficient (Wildman–Crippen LogP) is 3.24. The van der Waals surface area contributed by atoms with Gasteiger partial charge in [0.15, 0.2) is 10.8 Å². The predicted molar refractivity (Wildman–Crippen MR) is 97.0 cm³/mol. The molecule has 1 N–H and O–H groups in total. The molecule has 1 saturated heterocycles. The van der Waals surface area contributed by atoms with Gasteiger partial charge in [-0.05, 0) is 45.0 Å². The van der Waals surface area contributed by atoms with E-state index in [4.69, 9.17) is 4.42 Å². The third-order valence-corrected chi connectivity index (χ3v) is 4.78. The number of aryl methyl sites for hydroxylation is 1. The maximum absolute atomic E-state index is 12.6. The fourth-order valence-electron chi connectivity index (χ4n) is 2.72. The van der Waals surface area contributed by atoms with Crippen molar-refractivity contribution in [3.8, 4) is 10.8 Å². The van der Waals surface area contributed by atoms with E-state index in [2.05, 4.69) is 10.3 Å². The Morgan fingerprint density at radius 1 is 1.52 bits per heavy atom. The van der Waals surface area contributed by atoms with Crippen molar-refractivity contribution in [3.63, 3.8) is 0 Å². The van der Waals surface area contributed by atoms with Gasteiger partial charge in [-0.3, -0.25) is 4.79 Å². The largest absolute Gasteiger partial charge is 0.462 e. The second-order valence-corrected chi connectivity index (χ2v) is 6.57. The van der Waals surface area contributed by atoms with Gasteiger partial charge in [-0.2, -0.15) is 0 Å². The molecule has 128 valence electrons. The first-order valence-corrected chi connectivity index (χ1v) is 7.96. The van der Waals surface area contributed by atoms with Crippen LogP contribution in [0.2, 0.25) is 0 Å². The van der Waals surface area contributed by atoms with Gasteiger partial charge >= 0.3 is 0 Å². The molecule has 1 aliphatic heterocycles. The van der Waals surface area contributed by atoms with Crippen LogP contribution in [0.5, 0.6) is 0 Å². The number of nitrogens with one attached hydrogen (secondary N) is 1. The van der Waals surface area contributed by atoms with E-state index in [0.717, 1.165) is 41.7 Å². The highest BCUT2D eigenvalue weighted by atomic mass is 35.5. The van der Waals surface area contributed by atoms with E-state index in [-0.39, 0.29) is 30.7 Å². The Hall–Kier alpha value is -1.08. The fourth-order valence-corrected chi connectivity index (χ4v) is 3.60. The van der Waals surface area contributed by atoms with Crippen LogP contribution < -0.4 is 5.32 Å². The molecule has 23 heavy (non-hydrogen) atoms. The lowest BCUT2D eigenvalue weighted by Gasteiger charge is -2.15. The highest BCUT2D eigenvalue weighted by Crippen LogP contribution is 2.29. The van der Waals surface area contributed by atoms with Gasteiger partial charge in [-0.15, -0.1) is 36.2 Å². The minimum Gasteiger partial charge on any atom is -0.462 e. The highest BCUT2D eigenvalue weighted by molar-refractivity contribution is 7.15. The standard InChI is InChI=1S/C15H19N3O2S.2ClH/c1-10-13(17-14(21-10)12-4-3-7-20-12)15(19)18-6-5-11(9-18)8-16-2;;/h3-4,7,11,16H,5-6,8-9H2,1-2H3;2*1H. The molecule has 0 aliphatic carbocycles. The van der Waals surface area contributed by atoms with Crippen LogP contribution >= 0.6 is 36.2 Å². The summed E-state index contributed by atoms with van der Waals surface area (Å²) in [5, 5.41) is 3.95. The molecule has 0 bridgehead atoms. The zero-order valence-electron chi connectivity index (χ0n) is 13.1. The van der Waals surface area contributed by atoms with Crippen LogP contribution in [0.3, 0.4) is 0 Å². The molecular weight excluding hydrogens is 357 g/mol. The number of rotatable bonds is 4. The number of thiazole rings is 1. The SMILES string of the molecule is CNCC1CCN(C(=O)c2nc(-c3ccco3)sc2C)C1.Cl.Cl. The number of aromatic nitrogens is 1. The van der Waals surface area contributed by atoms with Gasteiger partial charge < -0.3 is 14.6 Å². The highest BCUT2D eigenvalue weighted by Gasteiger charge is 2.29. The number of likely N-dealkylation sites (tertiary alicyclic amines) is 1. The first-order chi connectivity index (χ1) is 10.2. The number of hydrogen-bond acceptors (Lipinski definition) is 5. The number of carbonyl (C=O) groups is 1. The van der Waals surface area contributed by atoms with E-state index < -0.39 is 0 Å². The molecule has 0 spiro atoms. The van der Waals surface area contributed by atoms with Crippen molar-refractivity contribution in [3.05, 3.63) is 29.0 Å². The maximum atomic E-state index is 12.6. The van der Waals surface area contributed by atoms with Crippen LogP contribution in [-0.4, -0.2) is 42.5 Å². The summed E-state index contributed by atoms with van der Waals surface area (Å²) in [6, 6.07) is 3.70. The first kappa shape index (κ1) is 20.0. The van der Waals surface area contributed by atoms with Crippen molar-refractivity contribution in [2.75, 3.05) is 26.7 Å². The molecule has 3 heterocycles. The van der Waals surface area contributed by atoms with E-state index in [1.807, 2.05) is 31.0 Å². The number of carbonyl (C=O) groups excluding carboxylic acids is 1. The molecule has 1 aliphatic rings. The smallest absolute Gasteiger partial charge is 0.273 e. The molecule has 0 saturated carbocycles. The minimum atomic E-state index is 0. The van der Waals surface area contributed by atoms with Gasteiger partial charge in [0.05, 0.1) is 6.26 Å². The van der Waals surface area contributed by atoms with Crippen LogP contribution in [0.1, 0.15) is 21.8 Å². The lowest BCUT2D eigenvalue weighted by molar-refractivity contribution is 0.0781. The van der Waals surface area contributed by atoms with Gasteiger partial charge in [0.1, 0.15) is 5.69 Å². The lowest BCUT2D eigenvalue weighted by Crippen LogP contribution is -2.31. The Balaban J connectivity index is 0.00000132. The molecule has 5 nitrogen and oxygen atoms in total. The van der Waals surface area contributed by atoms with Crippen molar-refractivity contribution in [2.45, 2.75) is 13.3 Å². The maximum Gasteiger partial charge on any atom is 0.273 e. The molecule has 1 atom stereocenters. The van der Waals surface area contributed by atoms with Crippen LogP contribution in [0.4, 0.5) is 0 Å². The van der Waals surface area contributed by atoms with Crippen LogP contribution in [0.25, 0.3) is 10.8 Å². The van der Waals surface area contributed by atoms with E-state index in [0.29, 0.717) is 11.6 Å². The quantitative estimate of drug-likeness (QED) is 0.888. The van der Waals surface area contributed by atoms with Crippen molar-refractivity contribution in [2.24, 2.45) is 5.92 Å². The lowest BCUT2D eigenvalue weighted by atomic mass is 10.1. The minimum absolute atomic E-state index is 0. The van der Waals surface area contributed by atoms with Crippen molar-refractivity contribution < 1.29 is 9.21 Å². The van der Waals surface area contributed by atoms with Crippen LogP contribution in [0, 0.1) is 12.8 Å². The summed E-state index contributed by atoms with van der Waals surface area (Å²) in [6.07, 6.45) is 2.68. The Morgan fingerprint density at radius 3 is 2.96 bits per heavy atom. The fraction of sp³-hybridized carbons (Fsp3) is 0.467. The van der Waals surface area contributed by atoms with E-state index in [9.17, 15) is 4.79 Å². The van der Waals surface area contributed by atoms with Crippen molar-refractivity contribution in [1.29, 1.82) is 0 Å². The van der Waals surface area contributed by atoms with E-state index in [1.165, 1.54) is 11.3 Å². The van der Waals surface area contributed by atoms with Crippen molar-refractivity contribution in [1.82, 2.24) is 15.2 Å². The molecule has 1 amide bonds. The topological polar surface area (TPSA) is 58.4 Å². The summed E-state index contributed by atoms with van der Waals surface area (Å²) in [4.78, 5) is 20.0. The second kappa shape index (κ2) is 8.68. The van der Waals surface area contributed by atoms with Gasteiger partial charge in [0.2, 0.25) is 0 Å². The number of furan rings is 1. The monoisotopic (exact) mass is 377 g/mol. The summed E-state index contributed by atoms with van der Waals surface area (Å²) in [5.41, 5.74) is 0.566. The molecule has 8 heteroatoms. The van der Waals surface area contributed by atoms with Crippen LogP contribution in [-0.2, 0) is 0 Å². The third kappa shape index (κ3) is 4.26. The molecular formula is C15H21Cl2N3O2S. The Labute approximate surface area is 152 Å². The second-order valence-electron chi connectivity index (χ2n) is 5.36. The average Bonchev–Trinajstić information content (AvgIpc) is 3.17. The Bertz CT molecular complexity index is 631. The van der Waals surface area contributed by atoms with Crippen LogP contribution in [0.15, 0.2) is 22.8 Å². The molecule has 0 aromatic carbocycles. The molecule has 2 aromatic heterocycles. The molecule has 1 unspecified atom stereocenters. The third-order valence-electron chi connectivity index (χ3n) is 3.80. The number of nitrogens with zero attached hydrogens (tertiary/aromatic N) is 2. The summed E-state index contributed by atoms with van der Waals surface area (Å²) in [6.45, 7) is 4.53. The molecule has 2 aromatic rings. The average molecular weight is 378 g/mol. The summed E-state index contributed by atoms with van der Waals surface area (Å²) in [5.74, 6) is 1.30. The van der Waals surface area contributed by atoms with Crippen molar-refractivity contribution >= 4 is 42.1 Å². The molecule has 3 rings (SSSR count). The molecule has 0 radical (unpaired) electrons. The van der Waals surface area contributed by atoms with Gasteiger partial charge in [-0.1, -0.05) is 0 Å².